The third-order valence-corrected chi connectivity index (χ3v) is 4.40. The molecule has 0 saturated heterocycles. The molecule has 1 aliphatic carbocycles. The number of benzene rings is 1. The predicted octanol–water partition coefficient (Wildman–Crippen LogP) is 3.27. The van der Waals surface area contributed by atoms with Crippen molar-refractivity contribution in [3.8, 4) is 0 Å². The van der Waals surface area contributed by atoms with Gasteiger partial charge in [-0.3, -0.25) is 0 Å². The Morgan fingerprint density at radius 1 is 1.50 bits per heavy atom. The predicted molar refractivity (Wildman–Crippen MR) is 67.1 cm³/mol. The largest absolute Gasteiger partial charge is 0.396 e. The molecule has 0 aliphatic heterocycles. The summed E-state index contributed by atoms with van der Waals surface area (Å²) in [6, 6.07) is 6.37. The molecule has 1 aliphatic rings. The topological polar surface area (TPSA) is 33.1 Å². The second kappa shape index (κ2) is 3.82. The molecule has 0 spiro atoms. The van der Waals surface area contributed by atoms with Gasteiger partial charge >= 0.3 is 0 Å². The van der Waals surface area contributed by atoms with E-state index in [0.29, 0.717) is 0 Å². The second-order valence-corrected chi connectivity index (χ2v) is 5.70. The van der Waals surface area contributed by atoms with Crippen molar-refractivity contribution >= 4 is 21.6 Å². The summed E-state index contributed by atoms with van der Waals surface area (Å²) in [5.74, 6) is 0.937. The molecule has 0 radical (unpaired) electrons. The summed E-state index contributed by atoms with van der Waals surface area (Å²) < 4.78 is 1.27. The lowest BCUT2D eigenvalue weighted by Crippen LogP contribution is -1.98. The van der Waals surface area contributed by atoms with E-state index < -0.39 is 0 Å². The molecule has 1 saturated carbocycles. The van der Waals surface area contributed by atoms with Gasteiger partial charge in [0.25, 0.3) is 0 Å². The molecule has 0 bridgehead atoms. The molecule has 84 valence electrons. The Morgan fingerprint density at radius 3 is 3.00 bits per heavy atom. The Kier molecular flexibility index (Phi) is 2.45. The van der Waals surface area contributed by atoms with Gasteiger partial charge in [0.15, 0.2) is 0 Å². The van der Waals surface area contributed by atoms with Crippen LogP contribution in [-0.4, -0.2) is 16.7 Å². The molecule has 16 heavy (non-hydrogen) atoms. The summed E-state index contributed by atoms with van der Waals surface area (Å²) in [6.07, 6.45) is 2.61. The van der Waals surface area contributed by atoms with Crippen LogP contribution in [0, 0.1) is 0 Å². The smallest absolute Gasteiger partial charge is 0.0969 e. The SMILES string of the molecule is CC(CO)c1ccc2sc(C3CC3)nc2c1. The summed E-state index contributed by atoms with van der Waals surface area (Å²) in [6.45, 7) is 2.24. The van der Waals surface area contributed by atoms with Crippen LogP contribution in [0.3, 0.4) is 0 Å². The summed E-state index contributed by atoms with van der Waals surface area (Å²) in [4.78, 5) is 4.69. The number of thiazole rings is 1. The summed E-state index contributed by atoms with van der Waals surface area (Å²) in [7, 11) is 0. The molecule has 1 aromatic carbocycles. The number of nitrogens with zero attached hydrogens (tertiary/aromatic N) is 1. The molecular formula is C13H15NOS. The molecule has 1 atom stereocenters. The van der Waals surface area contributed by atoms with Crippen molar-refractivity contribution in [1.29, 1.82) is 0 Å². The van der Waals surface area contributed by atoms with E-state index in [2.05, 4.69) is 23.2 Å². The first-order valence-corrected chi connectivity index (χ1v) is 6.61. The fourth-order valence-corrected chi connectivity index (χ4v) is 3.00. The maximum Gasteiger partial charge on any atom is 0.0969 e. The van der Waals surface area contributed by atoms with Gasteiger partial charge < -0.3 is 5.11 Å². The highest BCUT2D eigenvalue weighted by atomic mass is 32.1. The second-order valence-electron chi connectivity index (χ2n) is 4.64. The van der Waals surface area contributed by atoms with Gasteiger partial charge in [-0.2, -0.15) is 0 Å². The molecule has 1 N–H and O–H groups in total. The highest BCUT2D eigenvalue weighted by Crippen LogP contribution is 2.43. The van der Waals surface area contributed by atoms with Crippen molar-refractivity contribution < 1.29 is 5.11 Å². The Bertz CT molecular complexity index is 516. The first-order valence-electron chi connectivity index (χ1n) is 5.79. The van der Waals surface area contributed by atoms with Crippen molar-refractivity contribution in [2.24, 2.45) is 0 Å². The molecule has 1 fully saturated rings. The highest BCUT2D eigenvalue weighted by molar-refractivity contribution is 7.18. The van der Waals surface area contributed by atoms with Crippen LogP contribution in [-0.2, 0) is 0 Å². The van der Waals surface area contributed by atoms with Gasteiger partial charge in [0.05, 0.1) is 15.2 Å². The monoisotopic (exact) mass is 233 g/mol. The summed E-state index contributed by atoms with van der Waals surface area (Å²) >= 11 is 1.82. The van der Waals surface area contributed by atoms with Crippen LogP contribution < -0.4 is 0 Å². The number of hydrogen-bond acceptors (Lipinski definition) is 3. The number of aliphatic hydroxyl groups excluding tert-OH is 1. The molecule has 3 rings (SSSR count). The lowest BCUT2D eigenvalue weighted by atomic mass is 10.0. The normalized spacial score (nSPS) is 17.9. The van der Waals surface area contributed by atoms with E-state index >= 15 is 0 Å². The lowest BCUT2D eigenvalue weighted by molar-refractivity contribution is 0.273. The van der Waals surface area contributed by atoms with Crippen molar-refractivity contribution in [3.05, 3.63) is 28.8 Å². The van der Waals surface area contributed by atoms with Crippen LogP contribution in [0.2, 0.25) is 0 Å². The Balaban J connectivity index is 2.02. The van der Waals surface area contributed by atoms with Crippen LogP contribution >= 0.6 is 11.3 Å². The fraction of sp³-hybridized carbons (Fsp3) is 0.462. The van der Waals surface area contributed by atoms with Gasteiger partial charge in [-0.25, -0.2) is 4.98 Å². The van der Waals surface area contributed by atoms with Crippen LogP contribution in [0.5, 0.6) is 0 Å². The van der Waals surface area contributed by atoms with Crippen LogP contribution in [0.15, 0.2) is 18.2 Å². The van der Waals surface area contributed by atoms with Crippen LogP contribution in [0.25, 0.3) is 10.2 Å². The molecule has 1 unspecified atom stereocenters. The average Bonchev–Trinajstić information content (AvgIpc) is 3.07. The summed E-state index contributed by atoms with van der Waals surface area (Å²) in [5.41, 5.74) is 2.28. The maximum atomic E-state index is 9.15. The van der Waals surface area contributed by atoms with Crippen LogP contribution in [0.1, 0.15) is 42.2 Å². The third kappa shape index (κ3) is 1.74. The standard InChI is InChI=1S/C13H15NOS/c1-8(7-15)10-4-5-12-11(6-10)14-13(16-12)9-2-3-9/h4-6,8-9,15H,2-3,7H2,1H3. The molecule has 0 amide bonds. The third-order valence-electron chi connectivity index (χ3n) is 3.20. The zero-order chi connectivity index (χ0) is 11.1. The highest BCUT2D eigenvalue weighted by Gasteiger charge is 2.26. The number of rotatable bonds is 3. The number of aliphatic hydroxyl groups is 1. The Hall–Kier alpha value is -0.930. The van der Waals surface area contributed by atoms with Gasteiger partial charge in [-0.15, -0.1) is 11.3 Å². The summed E-state index contributed by atoms with van der Waals surface area (Å²) in [5, 5.41) is 10.4. The van der Waals surface area contributed by atoms with Crippen molar-refractivity contribution in [3.63, 3.8) is 0 Å². The molecule has 1 heterocycles. The number of fused-ring (bicyclic) bond motifs is 1. The van der Waals surface area contributed by atoms with Crippen molar-refractivity contribution in [2.45, 2.75) is 31.6 Å². The van der Waals surface area contributed by atoms with Gasteiger partial charge in [-0.1, -0.05) is 13.0 Å². The van der Waals surface area contributed by atoms with Gasteiger partial charge in [0.2, 0.25) is 0 Å². The zero-order valence-corrected chi connectivity index (χ0v) is 10.1. The van der Waals surface area contributed by atoms with E-state index in [0.717, 1.165) is 11.4 Å². The zero-order valence-electron chi connectivity index (χ0n) is 9.31. The minimum absolute atomic E-state index is 0.200. The van der Waals surface area contributed by atoms with Crippen molar-refractivity contribution in [1.82, 2.24) is 4.98 Å². The Labute approximate surface area is 99.0 Å². The quantitative estimate of drug-likeness (QED) is 0.882. The number of hydrogen-bond donors (Lipinski definition) is 1. The average molecular weight is 233 g/mol. The van der Waals surface area contributed by atoms with E-state index in [1.807, 2.05) is 18.3 Å². The van der Waals surface area contributed by atoms with Gasteiger partial charge in [0, 0.05) is 18.4 Å². The van der Waals surface area contributed by atoms with Gasteiger partial charge in [0.1, 0.15) is 0 Å². The van der Waals surface area contributed by atoms with Crippen LogP contribution in [0.4, 0.5) is 0 Å². The lowest BCUT2D eigenvalue weighted by Gasteiger charge is -2.06. The fourth-order valence-electron chi connectivity index (χ4n) is 1.88. The molecule has 2 nitrogen and oxygen atoms in total. The minimum Gasteiger partial charge on any atom is -0.396 e. The maximum absolute atomic E-state index is 9.15. The Morgan fingerprint density at radius 2 is 2.31 bits per heavy atom. The van der Waals surface area contributed by atoms with E-state index in [1.54, 1.807) is 0 Å². The molecule has 3 heteroatoms. The molecule has 2 aromatic rings. The van der Waals surface area contributed by atoms with Gasteiger partial charge in [-0.05, 0) is 30.5 Å². The van der Waals surface area contributed by atoms with E-state index in [1.165, 1.54) is 28.1 Å². The van der Waals surface area contributed by atoms with Crippen molar-refractivity contribution in [2.75, 3.05) is 6.61 Å². The first kappa shape index (κ1) is 10.2. The van der Waals surface area contributed by atoms with E-state index in [9.17, 15) is 0 Å². The van der Waals surface area contributed by atoms with E-state index in [-0.39, 0.29) is 12.5 Å². The minimum atomic E-state index is 0.200. The number of aromatic nitrogens is 1. The molecular weight excluding hydrogens is 218 g/mol. The van der Waals surface area contributed by atoms with E-state index in [4.69, 9.17) is 5.11 Å². The first-order chi connectivity index (χ1) is 7.78. The molecule has 1 aromatic heterocycles.